The van der Waals surface area contributed by atoms with Crippen molar-refractivity contribution in [2.75, 3.05) is 0 Å². The normalized spacial score (nSPS) is 16.6. The van der Waals surface area contributed by atoms with Crippen LogP contribution in [0.25, 0.3) is 0 Å². The lowest BCUT2D eigenvalue weighted by atomic mass is 10.4. The van der Waals surface area contributed by atoms with Gasteiger partial charge in [0.25, 0.3) is 0 Å². The molecule has 0 unspecified atom stereocenters. The molecule has 0 aromatic rings. The molecule has 0 aromatic carbocycles. The van der Waals surface area contributed by atoms with Gasteiger partial charge in [0.15, 0.2) is 0 Å². The molecule has 0 aliphatic carbocycles. The monoisotopic (exact) mass is 126 g/mol. The summed E-state index contributed by atoms with van der Waals surface area (Å²) in [5, 5.41) is 9.06. The van der Waals surface area contributed by atoms with E-state index in [9.17, 15) is 0 Å². The van der Waals surface area contributed by atoms with E-state index in [2.05, 4.69) is 29.7 Å². The summed E-state index contributed by atoms with van der Waals surface area (Å²) in [6, 6.07) is 0.417. The molecule has 0 radical (unpaired) electrons. The van der Waals surface area contributed by atoms with E-state index in [-0.39, 0.29) is 0 Å². The second kappa shape index (κ2) is 2.48. The predicted molar refractivity (Wildman–Crippen MR) is 34.1 cm³/mol. The van der Waals surface area contributed by atoms with Crippen molar-refractivity contribution in [2.45, 2.75) is 19.9 Å². The van der Waals surface area contributed by atoms with E-state index in [1.54, 1.807) is 6.20 Å². The van der Waals surface area contributed by atoms with Crippen LogP contribution in [0.5, 0.6) is 0 Å². The Hall–Kier alpha value is -1.06. The summed E-state index contributed by atoms with van der Waals surface area (Å²) < 4.78 is 0. The minimum absolute atomic E-state index is 0.417. The minimum atomic E-state index is 0.417. The number of rotatable bonds is 1. The van der Waals surface area contributed by atoms with Crippen molar-refractivity contribution in [1.29, 1.82) is 0 Å². The first-order chi connectivity index (χ1) is 4.30. The highest BCUT2D eigenvalue weighted by Crippen LogP contribution is 1.98. The van der Waals surface area contributed by atoms with E-state index < -0.39 is 0 Å². The van der Waals surface area contributed by atoms with Gasteiger partial charge in [0, 0.05) is 12.2 Å². The fourth-order valence-corrected chi connectivity index (χ4v) is 0.533. The summed E-state index contributed by atoms with van der Waals surface area (Å²) in [4.78, 5) is 0. The molecule has 1 aliphatic rings. The van der Waals surface area contributed by atoms with E-state index in [1.807, 2.05) is 11.2 Å². The predicted octanol–water partition coefficient (Wildman–Crippen LogP) is 1.05. The Labute approximate surface area is 54.2 Å². The van der Waals surface area contributed by atoms with Crippen LogP contribution in [0.3, 0.4) is 0 Å². The third kappa shape index (κ3) is 1.42. The van der Waals surface area contributed by atoms with Crippen molar-refractivity contribution in [3.8, 4) is 0 Å². The fourth-order valence-electron chi connectivity index (χ4n) is 0.533. The molecule has 0 saturated carbocycles. The van der Waals surface area contributed by atoms with Crippen molar-refractivity contribution >= 4 is 0 Å². The highest BCUT2D eigenvalue weighted by Gasteiger charge is 2.02. The smallest absolute Gasteiger partial charge is 0.0692 e. The van der Waals surface area contributed by atoms with Crippen LogP contribution in [-0.2, 0) is 0 Å². The average molecular weight is 126 g/mol. The maximum Gasteiger partial charge on any atom is 0.0692 e. The van der Waals surface area contributed by atoms with Crippen LogP contribution in [0.15, 0.2) is 22.7 Å². The molecule has 9 heavy (non-hydrogen) atoms. The van der Waals surface area contributed by atoms with Gasteiger partial charge >= 0.3 is 0 Å². The number of nitrogens with zero attached hydrogens (tertiary/aromatic N) is 3. The Morgan fingerprint density at radius 1 is 1.56 bits per heavy atom. The Morgan fingerprint density at radius 3 is 2.67 bits per heavy atom. The van der Waals surface area contributed by atoms with Crippen LogP contribution in [0.2, 0.25) is 0 Å². The summed E-state index contributed by atoms with van der Waals surface area (Å²) in [6.45, 7) is 4.14. The lowest BCUT2D eigenvalue weighted by Crippen LogP contribution is -2.35. The summed E-state index contributed by atoms with van der Waals surface area (Å²) in [5.41, 5.74) is 2.72. The highest BCUT2D eigenvalue weighted by molar-refractivity contribution is 4.80. The van der Waals surface area contributed by atoms with Crippen LogP contribution in [0.4, 0.5) is 0 Å². The zero-order valence-electron chi connectivity index (χ0n) is 5.57. The molecular weight excluding hydrogens is 116 g/mol. The number of hydrogen-bond acceptors (Lipinski definition) is 4. The Bertz CT molecular complexity index is 138. The Balaban J connectivity index is 2.46. The first-order valence-corrected chi connectivity index (χ1v) is 2.91. The minimum Gasteiger partial charge on any atom is -0.274 e. The van der Waals surface area contributed by atoms with Crippen molar-refractivity contribution < 1.29 is 0 Å². The van der Waals surface area contributed by atoms with Crippen molar-refractivity contribution in [3.63, 3.8) is 0 Å². The van der Waals surface area contributed by atoms with Crippen molar-refractivity contribution in [3.05, 3.63) is 12.4 Å². The molecule has 50 valence electrons. The van der Waals surface area contributed by atoms with Gasteiger partial charge in [-0.25, -0.2) is 0 Å². The largest absolute Gasteiger partial charge is 0.274 e. The topological polar surface area (TPSA) is 40.0 Å². The van der Waals surface area contributed by atoms with Gasteiger partial charge in [0.2, 0.25) is 0 Å². The third-order valence-electron chi connectivity index (χ3n) is 1.07. The van der Waals surface area contributed by atoms with Crippen molar-refractivity contribution in [2.24, 2.45) is 10.3 Å². The van der Waals surface area contributed by atoms with E-state index in [4.69, 9.17) is 0 Å². The summed E-state index contributed by atoms with van der Waals surface area (Å²) in [6.07, 6.45) is 3.49. The summed E-state index contributed by atoms with van der Waals surface area (Å²) >= 11 is 0. The molecule has 1 N–H and O–H groups in total. The van der Waals surface area contributed by atoms with Crippen LogP contribution in [0.1, 0.15) is 13.8 Å². The molecule has 1 aliphatic heterocycles. The van der Waals surface area contributed by atoms with Gasteiger partial charge in [-0.2, -0.15) is 5.53 Å². The molecule has 0 atom stereocenters. The molecule has 0 bridgehead atoms. The van der Waals surface area contributed by atoms with Crippen LogP contribution in [0, 0.1) is 0 Å². The van der Waals surface area contributed by atoms with Gasteiger partial charge in [0.1, 0.15) is 0 Å². The lowest BCUT2D eigenvalue weighted by Gasteiger charge is -2.23. The van der Waals surface area contributed by atoms with Gasteiger partial charge in [0.05, 0.1) is 6.20 Å². The molecule has 4 nitrogen and oxygen atoms in total. The maximum absolute atomic E-state index is 3.60. The van der Waals surface area contributed by atoms with E-state index in [0.717, 1.165) is 0 Å². The number of nitrogens with one attached hydrogen (secondary N) is 1. The number of hydrogen-bond donors (Lipinski definition) is 1. The average Bonchev–Trinajstić information content (AvgIpc) is 1.90. The van der Waals surface area contributed by atoms with Crippen LogP contribution < -0.4 is 5.53 Å². The fraction of sp³-hybridized carbons (Fsp3) is 0.600. The highest BCUT2D eigenvalue weighted by atomic mass is 15.7. The van der Waals surface area contributed by atoms with Gasteiger partial charge < -0.3 is 0 Å². The van der Waals surface area contributed by atoms with E-state index in [0.29, 0.717) is 6.04 Å². The first kappa shape index (κ1) is 6.07. The molecule has 0 aromatic heterocycles. The van der Waals surface area contributed by atoms with E-state index in [1.165, 1.54) is 0 Å². The van der Waals surface area contributed by atoms with Gasteiger partial charge in [-0.15, -0.1) is 5.11 Å². The van der Waals surface area contributed by atoms with Gasteiger partial charge in [-0.3, -0.25) is 5.01 Å². The van der Waals surface area contributed by atoms with Crippen LogP contribution in [-0.4, -0.2) is 11.1 Å². The Morgan fingerprint density at radius 2 is 2.33 bits per heavy atom. The van der Waals surface area contributed by atoms with Gasteiger partial charge in [-0.05, 0) is 13.8 Å². The second-order valence-electron chi connectivity index (χ2n) is 2.11. The third-order valence-corrected chi connectivity index (χ3v) is 1.07. The molecule has 0 amide bonds. The zero-order chi connectivity index (χ0) is 6.69. The second-order valence-corrected chi connectivity index (χ2v) is 2.11. The molecule has 1 heterocycles. The van der Waals surface area contributed by atoms with Crippen LogP contribution >= 0.6 is 0 Å². The van der Waals surface area contributed by atoms with Gasteiger partial charge in [-0.1, -0.05) is 5.22 Å². The maximum atomic E-state index is 3.60. The first-order valence-electron chi connectivity index (χ1n) is 2.91. The number of hydrazine groups is 1. The molecule has 0 saturated heterocycles. The zero-order valence-corrected chi connectivity index (χ0v) is 5.57. The Kier molecular flexibility index (Phi) is 1.67. The SMILES string of the molecule is CC(C)N1C=CN=NN1. The lowest BCUT2D eigenvalue weighted by molar-refractivity contribution is 0.209. The molecule has 1 rings (SSSR count). The molecular formula is C5H10N4. The molecule has 0 fully saturated rings. The summed E-state index contributed by atoms with van der Waals surface area (Å²) in [5.74, 6) is 0. The van der Waals surface area contributed by atoms with Crippen molar-refractivity contribution in [1.82, 2.24) is 10.5 Å². The van der Waals surface area contributed by atoms with E-state index >= 15 is 0 Å². The quantitative estimate of drug-likeness (QED) is 0.570. The summed E-state index contributed by atoms with van der Waals surface area (Å²) in [7, 11) is 0. The molecule has 0 spiro atoms. The molecule has 4 heteroatoms. The standard InChI is InChI=1S/C5H10N4/c1-5(2)9-4-3-6-7-8-9/h3-5H,1-2H3,(H,6,8).